The van der Waals surface area contributed by atoms with Crippen LogP contribution in [0.5, 0.6) is 11.8 Å². The summed E-state index contributed by atoms with van der Waals surface area (Å²) in [5.41, 5.74) is 10.5. The lowest BCUT2D eigenvalue weighted by molar-refractivity contribution is 0.0261. The number of ether oxygens (including phenoxy) is 3. The fraction of sp³-hybridized carbons (Fsp3) is 0.576. The van der Waals surface area contributed by atoms with E-state index in [0.29, 0.717) is 34.5 Å². The number of aryl methyl sites for hydroxylation is 1. The summed E-state index contributed by atoms with van der Waals surface area (Å²) >= 11 is 0. The summed E-state index contributed by atoms with van der Waals surface area (Å²) in [5.74, 6) is 2.09. The molecule has 2 saturated heterocycles. The summed E-state index contributed by atoms with van der Waals surface area (Å²) in [4.78, 5) is 12.0. The maximum absolute atomic E-state index is 10.1. The van der Waals surface area contributed by atoms with Crippen LogP contribution < -0.4 is 20.5 Å². The highest BCUT2D eigenvalue weighted by molar-refractivity contribution is 5.68. The number of nitrogens with one attached hydrogen (secondary N) is 1. The fourth-order valence-electron chi connectivity index (χ4n) is 7.79. The van der Waals surface area contributed by atoms with Gasteiger partial charge < -0.3 is 29.8 Å². The van der Waals surface area contributed by atoms with Gasteiger partial charge in [-0.15, -0.1) is 0 Å². The van der Waals surface area contributed by atoms with Crippen molar-refractivity contribution < 1.29 is 18.7 Å². The van der Waals surface area contributed by atoms with Crippen LogP contribution in [0.2, 0.25) is 0 Å². The number of fused-ring (bicyclic) bond motifs is 4. The van der Waals surface area contributed by atoms with Gasteiger partial charge in [0, 0.05) is 37.5 Å². The predicted octanol–water partition coefficient (Wildman–Crippen LogP) is 3.77. The monoisotopic (exact) mass is 599 g/mol. The molecule has 232 valence electrons. The lowest BCUT2D eigenvalue weighted by Gasteiger charge is -2.44. The van der Waals surface area contributed by atoms with E-state index in [-0.39, 0.29) is 29.9 Å². The van der Waals surface area contributed by atoms with Gasteiger partial charge in [0.2, 0.25) is 11.8 Å². The Bertz CT molecular complexity index is 1630. The Morgan fingerprint density at radius 1 is 1.20 bits per heavy atom. The molecular formula is C33H41N7O4. The van der Waals surface area contributed by atoms with Gasteiger partial charge in [0.1, 0.15) is 18.3 Å². The van der Waals surface area contributed by atoms with E-state index < -0.39 is 5.41 Å². The van der Waals surface area contributed by atoms with E-state index in [1.807, 2.05) is 12.1 Å². The number of anilines is 1. The molecule has 2 fully saturated rings. The van der Waals surface area contributed by atoms with E-state index in [2.05, 4.69) is 49.3 Å². The van der Waals surface area contributed by atoms with Crippen molar-refractivity contribution in [3.63, 3.8) is 0 Å². The average Bonchev–Trinajstić information content (AvgIpc) is 3.72. The molecule has 2 aliphatic heterocycles. The third-order valence-electron chi connectivity index (χ3n) is 10.4. The highest BCUT2D eigenvalue weighted by Gasteiger charge is 2.49. The molecule has 4 aliphatic rings. The van der Waals surface area contributed by atoms with Crippen molar-refractivity contribution in [2.75, 3.05) is 33.0 Å². The van der Waals surface area contributed by atoms with Crippen LogP contribution in [-0.2, 0) is 23.0 Å². The summed E-state index contributed by atoms with van der Waals surface area (Å²) < 4.78 is 24.7. The van der Waals surface area contributed by atoms with Crippen molar-refractivity contribution in [2.45, 2.75) is 94.6 Å². The molecule has 0 saturated carbocycles. The fourth-order valence-corrected chi connectivity index (χ4v) is 7.79. The molecule has 11 heteroatoms. The van der Waals surface area contributed by atoms with Gasteiger partial charge in [-0.05, 0) is 83.5 Å². The van der Waals surface area contributed by atoms with Gasteiger partial charge >= 0.3 is 0 Å². The third kappa shape index (κ3) is 4.62. The number of benzene rings is 1. The van der Waals surface area contributed by atoms with Crippen molar-refractivity contribution in [1.29, 1.82) is 5.26 Å². The second kappa shape index (κ2) is 10.7. The maximum atomic E-state index is 10.1. The van der Waals surface area contributed by atoms with Crippen molar-refractivity contribution in [2.24, 2.45) is 0 Å². The Kier molecular flexibility index (Phi) is 7.07. The van der Waals surface area contributed by atoms with E-state index >= 15 is 0 Å². The molecule has 0 unspecified atom stereocenters. The number of nitrogen functional groups attached to an aromatic ring is 1. The standard InChI is InChI=1S/C33H41N7O4/c1-18(24-13-20(41-5)17-40(24)4)42-26-14-27(43-25-16-36-32(25,2)3)38-31(37-26)29-21-7-6-11-33(30(21)44-39-29)12-10-19-8-9-23(35)22(15-34)28(19)33/h8-9,14,18,20,24-25,36H,6-7,10-13,16-17,35H2,1-5H3/t18-,20+,24-,25+,33-/m0/s1. The molecule has 0 bridgehead atoms. The zero-order valence-corrected chi connectivity index (χ0v) is 26.1. The van der Waals surface area contributed by atoms with Gasteiger partial charge in [0.25, 0.3) is 0 Å². The summed E-state index contributed by atoms with van der Waals surface area (Å²) in [5, 5.41) is 18.1. The number of hydrogen-bond donors (Lipinski definition) is 2. The van der Waals surface area contributed by atoms with Gasteiger partial charge in [-0.2, -0.15) is 15.2 Å². The Morgan fingerprint density at radius 3 is 2.73 bits per heavy atom. The second-order valence-electron chi connectivity index (χ2n) is 13.5. The van der Waals surface area contributed by atoms with Crippen LogP contribution in [0.1, 0.15) is 74.5 Å². The van der Waals surface area contributed by atoms with Crippen LogP contribution >= 0.6 is 0 Å². The Labute approximate surface area is 258 Å². The number of methoxy groups -OCH3 is 1. The van der Waals surface area contributed by atoms with Crippen LogP contribution in [0.15, 0.2) is 22.7 Å². The highest BCUT2D eigenvalue weighted by atomic mass is 16.5. The molecule has 2 aromatic heterocycles. The number of aromatic nitrogens is 3. The lowest BCUT2D eigenvalue weighted by Crippen LogP contribution is -2.67. The maximum Gasteiger partial charge on any atom is 0.221 e. The average molecular weight is 600 g/mol. The third-order valence-corrected chi connectivity index (χ3v) is 10.4. The molecule has 7 rings (SSSR count). The first-order valence-electron chi connectivity index (χ1n) is 15.7. The molecule has 3 N–H and O–H groups in total. The molecule has 2 aliphatic carbocycles. The van der Waals surface area contributed by atoms with E-state index in [1.165, 1.54) is 0 Å². The van der Waals surface area contributed by atoms with E-state index in [1.54, 1.807) is 13.2 Å². The number of nitrogens with zero attached hydrogens (tertiary/aromatic N) is 5. The van der Waals surface area contributed by atoms with Crippen molar-refractivity contribution in [3.8, 4) is 29.3 Å². The van der Waals surface area contributed by atoms with Crippen molar-refractivity contribution >= 4 is 5.69 Å². The topological polar surface area (TPSA) is 145 Å². The van der Waals surface area contributed by atoms with Gasteiger partial charge in [-0.25, -0.2) is 0 Å². The summed E-state index contributed by atoms with van der Waals surface area (Å²) in [6, 6.07) is 8.22. The molecule has 1 aromatic carbocycles. The molecule has 5 atom stereocenters. The largest absolute Gasteiger partial charge is 0.473 e. The van der Waals surface area contributed by atoms with Crippen LogP contribution in [0.4, 0.5) is 5.69 Å². The molecule has 4 heterocycles. The number of likely N-dealkylation sites (N-methyl/N-ethyl adjacent to an activating group) is 1. The first kappa shape index (κ1) is 29.0. The minimum absolute atomic E-state index is 0.0432. The van der Waals surface area contributed by atoms with Gasteiger partial charge in [0.15, 0.2) is 17.3 Å². The quantitative estimate of drug-likeness (QED) is 0.383. The van der Waals surface area contributed by atoms with E-state index in [9.17, 15) is 5.26 Å². The summed E-state index contributed by atoms with van der Waals surface area (Å²) in [6.07, 6.45) is 5.16. The summed E-state index contributed by atoms with van der Waals surface area (Å²) in [7, 11) is 3.85. The second-order valence-corrected chi connectivity index (χ2v) is 13.5. The SMILES string of the molecule is CO[C@@H]1C[C@@H]([C@H](C)Oc2cc(O[C@@H]3CNC3(C)C)nc(-c3noc4c3CCC[C@@]43CCc4ccc(N)c(C#N)c43)n2)N(C)C1. The molecular weight excluding hydrogens is 558 g/mol. The van der Waals surface area contributed by atoms with Crippen LogP contribution in [0.25, 0.3) is 11.5 Å². The minimum Gasteiger partial charge on any atom is -0.473 e. The van der Waals surface area contributed by atoms with Crippen LogP contribution in [-0.4, -0.2) is 77.2 Å². The normalized spacial score (nSPS) is 27.8. The molecule has 0 amide bonds. The Balaban J connectivity index is 1.27. The number of rotatable bonds is 7. The molecule has 0 radical (unpaired) electrons. The molecule has 44 heavy (non-hydrogen) atoms. The number of likely N-dealkylation sites (tertiary alicyclic amines) is 1. The van der Waals surface area contributed by atoms with Gasteiger partial charge in [-0.3, -0.25) is 4.90 Å². The van der Waals surface area contributed by atoms with Crippen LogP contribution in [0, 0.1) is 11.3 Å². The van der Waals surface area contributed by atoms with E-state index in [0.717, 1.165) is 74.1 Å². The highest BCUT2D eigenvalue weighted by Crippen LogP contribution is 2.54. The van der Waals surface area contributed by atoms with Crippen LogP contribution in [0.3, 0.4) is 0 Å². The minimum atomic E-state index is -0.441. The first-order valence-corrected chi connectivity index (χ1v) is 15.7. The summed E-state index contributed by atoms with van der Waals surface area (Å²) in [6.45, 7) is 7.88. The zero-order valence-electron chi connectivity index (χ0n) is 26.1. The van der Waals surface area contributed by atoms with E-state index in [4.69, 9.17) is 34.4 Å². The van der Waals surface area contributed by atoms with Crippen molar-refractivity contribution in [1.82, 2.24) is 25.3 Å². The first-order chi connectivity index (χ1) is 21.1. The number of nitriles is 1. The van der Waals surface area contributed by atoms with Crippen molar-refractivity contribution in [3.05, 3.63) is 46.2 Å². The zero-order chi connectivity index (χ0) is 30.8. The molecule has 11 nitrogen and oxygen atoms in total. The van der Waals surface area contributed by atoms with Gasteiger partial charge in [-0.1, -0.05) is 11.2 Å². The number of nitrogens with two attached hydrogens (primary N) is 1. The smallest absolute Gasteiger partial charge is 0.221 e. The molecule has 3 aromatic rings. The Hall–Kier alpha value is -3.72. The molecule has 1 spiro atoms. The Morgan fingerprint density at radius 2 is 2.02 bits per heavy atom. The van der Waals surface area contributed by atoms with Gasteiger partial charge in [0.05, 0.1) is 28.7 Å². The lowest BCUT2D eigenvalue weighted by atomic mass is 9.68. The predicted molar refractivity (Wildman–Crippen MR) is 164 cm³/mol. The number of hydrogen-bond acceptors (Lipinski definition) is 11.